The Balaban J connectivity index is 1.86. The first kappa shape index (κ1) is 17.4. The van der Waals surface area contributed by atoms with Crippen LogP contribution in [0.5, 0.6) is 0 Å². The molecule has 1 amide bonds. The van der Waals surface area contributed by atoms with E-state index < -0.39 is 16.1 Å². The second kappa shape index (κ2) is 6.84. The van der Waals surface area contributed by atoms with Crippen LogP contribution in [0.1, 0.15) is 50.0 Å². The zero-order valence-corrected chi connectivity index (χ0v) is 15.1. The fourth-order valence-corrected chi connectivity index (χ4v) is 5.68. The Kier molecular flexibility index (Phi) is 4.96. The fourth-order valence-electron chi connectivity index (χ4n) is 3.74. The Hall–Kier alpha value is -1.41. The number of carbonyl (C=O) groups is 1. The van der Waals surface area contributed by atoms with Gasteiger partial charge in [-0.25, -0.2) is 8.42 Å². The molecule has 2 aliphatic rings. The Morgan fingerprint density at radius 3 is 2.33 bits per heavy atom. The lowest BCUT2D eigenvalue weighted by atomic mass is 10.2. The molecule has 0 bridgehead atoms. The summed E-state index contributed by atoms with van der Waals surface area (Å²) in [4.78, 5) is 14.9. The van der Waals surface area contributed by atoms with Gasteiger partial charge in [-0.1, -0.05) is 18.0 Å². The molecule has 1 atom stereocenters. The number of amides is 1. The topological polar surface area (TPSA) is 83.7 Å². The highest BCUT2D eigenvalue weighted by molar-refractivity contribution is 7.89. The summed E-state index contributed by atoms with van der Waals surface area (Å²) >= 11 is 0. The van der Waals surface area contributed by atoms with Gasteiger partial charge in [-0.2, -0.15) is 4.31 Å². The number of nitrogens with zero attached hydrogens (tertiary/aromatic N) is 3. The van der Waals surface area contributed by atoms with Crippen molar-refractivity contribution in [3.05, 3.63) is 11.5 Å². The maximum atomic E-state index is 13.1. The van der Waals surface area contributed by atoms with Crippen molar-refractivity contribution < 1.29 is 17.7 Å². The van der Waals surface area contributed by atoms with Crippen LogP contribution in [-0.4, -0.2) is 54.4 Å². The SMILES string of the molecule is Cc1noc(C)c1S(=O)(=O)N1CCC[C@@H]1C(=O)N1CCCCCC1. The molecule has 2 fully saturated rings. The highest BCUT2D eigenvalue weighted by Crippen LogP contribution is 2.30. The summed E-state index contributed by atoms with van der Waals surface area (Å²) in [6, 6.07) is -0.596. The third-order valence-corrected chi connectivity index (χ3v) is 7.09. The standard InChI is InChI=1S/C16H25N3O4S/c1-12-15(13(2)23-17-12)24(21,22)19-11-7-8-14(19)16(20)18-9-5-3-4-6-10-18/h14H,3-11H2,1-2H3/t14-/m1/s1. The Labute approximate surface area is 143 Å². The van der Waals surface area contributed by atoms with Gasteiger partial charge in [0, 0.05) is 19.6 Å². The van der Waals surface area contributed by atoms with Gasteiger partial charge >= 0.3 is 0 Å². The van der Waals surface area contributed by atoms with E-state index in [9.17, 15) is 13.2 Å². The summed E-state index contributed by atoms with van der Waals surface area (Å²) in [6.07, 6.45) is 5.54. The lowest BCUT2D eigenvalue weighted by Crippen LogP contribution is -2.48. The predicted octanol–water partition coefficient (Wildman–Crippen LogP) is 1.85. The van der Waals surface area contributed by atoms with E-state index in [2.05, 4.69) is 5.16 Å². The number of carbonyl (C=O) groups excluding carboxylic acids is 1. The molecular weight excluding hydrogens is 330 g/mol. The van der Waals surface area contributed by atoms with Crippen LogP contribution in [0, 0.1) is 13.8 Å². The summed E-state index contributed by atoms with van der Waals surface area (Å²) in [6.45, 7) is 5.04. The quantitative estimate of drug-likeness (QED) is 0.826. The molecule has 3 rings (SSSR count). The summed E-state index contributed by atoms with van der Waals surface area (Å²) in [5, 5.41) is 3.75. The van der Waals surface area contributed by atoms with Crippen LogP contribution < -0.4 is 0 Å². The van der Waals surface area contributed by atoms with Crippen molar-refractivity contribution in [1.82, 2.24) is 14.4 Å². The van der Waals surface area contributed by atoms with E-state index >= 15 is 0 Å². The Bertz CT molecular complexity index is 685. The predicted molar refractivity (Wildman–Crippen MR) is 87.9 cm³/mol. The third-order valence-electron chi connectivity index (χ3n) is 4.94. The first-order chi connectivity index (χ1) is 11.4. The van der Waals surface area contributed by atoms with Gasteiger partial charge in [0.15, 0.2) is 5.76 Å². The van der Waals surface area contributed by atoms with Gasteiger partial charge < -0.3 is 9.42 Å². The van der Waals surface area contributed by atoms with E-state index in [1.807, 2.05) is 4.90 Å². The molecule has 134 valence electrons. The Morgan fingerprint density at radius 1 is 1.08 bits per heavy atom. The highest BCUT2D eigenvalue weighted by Gasteiger charge is 2.43. The number of hydrogen-bond donors (Lipinski definition) is 0. The van der Waals surface area contributed by atoms with Crippen LogP contribution in [-0.2, 0) is 14.8 Å². The highest BCUT2D eigenvalue weighted by atomic mass is 32.2. The summed E-state index contributed by atoms with van der Waals surface area (Å²) in [5.74, 6) is 0.227. The van der Waals surface area contributed by atoms with Crippen molar-refractivity contribution in [3.63, 3.8) is 0 Å². The minimum absolute atomic E-state index is 0.0512. The van der Waals surface area contributed by atoms with Crippen LogP contribution in [0.25, 0.3) is 0 Å². The molecule has 0 aromatic carbocycles. The number of aryl methyl sites for hydroxylation is 2. The number of rotatable bonds is 3. The zero-order valence-electron chi connectivity index (χ0n) is 14.3. The molecule has 0 unspecified atom stereocenters. The third kappa shape index (κ3) is 3.09. The van der Waals surface area contributed by atoms with Crippen LogP contribution in [0.2, 0.25) is 0 Å². The lowest BCUT2D eigenvalue weighted by molar-refractivity contribution is -0.134. The second-order valence-corrected chi connectivity index (χ2v) is 8.49. The van der Waals surface area contributed by atoms with Crippen molar-refractivity contribution in [2.75, 3.05) is 19.6 Å². The number of likely N-dealkylation sites (tertiary alicyclic amines) is 1. The molecule has 3 heterocycles. The van der Waals surface area contributed by atoms with Crippen molar-refractivity contribution in [3.8, 4) is 0 Å². The number of hydrogen-bond acceptors (Lipinski definition) is 5. The first-order valence-electron chi connectivity index (χ1n) is 8.66. The molecule has 0 aliphatic carbocycles. The van der Waals surface area contributed by atoms with Gasteiger partial charge in [0.2, 0.25) is 15.9 Å². The second-order valence-electron chi connectivity index (χ2n) is 6.67. The molecule has 0 saturated carbocycles. The van der Waals surface area contributed by atoms with Crippen LogP contribution in [0.4, 0.5) is 0 Å². The smallest absolute Gasteiger partial charge is 0.249 e. The van der Waals surface area contributed by atoms with E-state index in [0.29, 0.717) is 25.1 Å². The van der Waals surface area contributed by atoms with Crippen molar-refractivity contribution in [2.24, 2.45) is 0 Å². The van der Waals surface area contributed by atoms with Crippen LogP contribution in [0.15, 0.2) is 9.42 Å². The van der Waals surface area contributed by atoms with Gasteiger partial charge in [-0.15, -0.1) is 0 Å². The average molecular weight is 355 g/mol. The summed E-state index contributed by atoms with van der Waals surface area (Å²) < 4.78 is 32.5. The number of sulfonamides is 1. The molecule has 0 radical (unpaired) electrons. The first-order valence-corrected chi connectivity index (χ1v) is 10.1. The van der Waals surface area contributed by atoms with Gasteiger partial charge in [0.25, 0.3) is 0 Å². The molecule has 1 aromatic rings. The molecule has 7 nitrogen and oxygen atoms in total. The van der Waals surface area contributed by atoms with Crippen molar-refractivity contribution in [2.45, 2.75) is 63.3 Å². The van der Waals surface area contributed by atoms with Crippen LogP contribution in [0.3, 0.4) is 0 Å². The van der Waals surface area contributed by atoms with Gasteiger partial charge in [-0.05, 0) is 39.5 Å². The molecule has 0 spiro atoms. The minimum Gasteiger partial charge on any atom is -0.360 e. The monoisotopic (exact) mass is 355 g/mol. The van der Waals surface area contributed by atoms with Crippen LogP contribution >= 0.6 is 0 Å². The van der Waals surface area contributed by atoms with Gasteiger partial charge in [-0.3, -0.25) is 4.79 Å². The van der Waals surface area contributed by atoms with E-state index in [1.165, 1.54) is 4.31 Å². The van der Waals surface area contributed by atoms with Crippen molar-refractivity contribution >= 4 is 15.9 Å². The van der Waals surface area contributed by atoms with E-state index in [1.54, 1.807) is 13.8 Å². The van der Waals surface area contributed by atoms with Gasteiger partial charge in [0.05, 0.1) is 0 Å². The van der Waals surface area contributed by atoms with E-state index in [0.717, 1.165) is 38.8 Å². The zero-order chi connectivity index (χ0) is 17.3. The molecule has 2 saturated heterocycles. The maximum absolute atomic E-state index is 13.1. The normalized spacial score (nSPS) is 23.4. The minimum atomic E-state index is -3.77. The van der Waals surface area contributed by atoms with Gasteiger partial charge in [0.1, 0.15) is 16.6 Å². The molecule has 24 heavy (non-hydrogen) atoms. The molecule has 0 N–H and O–H groups in total. The molecular formula is C16H25N3O4S. The van der Waals surface area contributed by atoms with E-state index in [4.69, 9.17) is 4.52 Å². The summed E-state index contributed by atoms with van der Waals surface area (Å²) in [7, 11) is -3.77. The van der Waals surface area contributed by atoms with E-state index in [-0.39, 0.29) is 16.6 Å². The largest absolute Gasteiger partial charge is 0.360 e. The maximum Gasteiger partial charge on any atom is 0.249 e. The lowest BCUT2D eigenvalue weighted by Gasteiger charge is -2.29. The fraction of sp³-hybridized carbons (Fsp3) is 0.750. The molecule has 1 aromatic heterocycles. The average Bonchev–Trinajstić information content (AvgIpc) is 3.06. The number of aromatic nitrogens is 1. The molecule has 2 aliphatic heterocycles. The molecule has 8 heteroatoms. The van der Waals surface area contributed by atoms with Crippen molar-refractivity contribution in [1.29, 1.82) is 0 Å². The Morgan fingerprint density at radius 2 is 1.75 bits per heavy atom. The summed E-state index contributed by atoms with van der Waals surface area (Å²) in [5.41, 5.74) is 0.348.